The Bertz CT molecular complexity index is 1040. The minimum absolute atomic E-state index is 0.132. The fourth-order valence-corrected chi connectivity index (χ4v) is 3.17. The monoisotopic (exact) mass is 434 g/mol. The number of ether oxygens (including phenoxy) is 2. The van der Waals surface area contributed by atoms with E-state index < -0.39 is 0 Å². The van der Waals surface area contributed by atoms with Crippen molar-refractivity contribution < 1.29 is 14.3 Å². The molecule has 1 heterocycles. The smallest absolute Gasteiger partial charge is 0.323 e. The van der Waals surface area contributed by atoms with E-state index in [0.29, 0.717) is 38.6 Å². The van der Waals surface area contributed by atoms with Gasteiger partial charge >= 0.3 is 6.03 Å². The topological polar surface area (TPSA) is 77.4 Å². The molecule has 0 fully saturated rings. The van der Waals surface area contributed by atoms with Gasteiger partial charge in [-0.3, -0.25) is 0 Å². The van der Waals surface area contributed by atoms with Gasteiger partial charge < -0.3 is 20.1 Å². The fourth-order valence-electron chi connectivity index (χ4n) is 2.70. The van der Waals surface area contributed by atoms with E-state index in [9.17, 15) is 4.79 Å². The van der Waals surface area contributed by atoms with E-state index in [1.807, 2.05) is 6.92 Å². The number of amides is 2. The van der Waals surface area contributed by atoms with E-state index >= 15 is 0 Å². The Morgan fingerprint density at radius 1 is 1.14 bits per heavy atom. The van der Waals surface area contributed by atoms with Crippen molar-refractivity contribution in [2.75, 3.05) is 17.7 Å². The Labute approximate surface area is 178 Å². The molecule has 0 aliphatic rings. The van der Waals surface area contributed by atoms with Gasteiger partial charge in [0.25, 0.3) is 0 Å². The lowest BCUT2D eigenvalue weighted by molar-refractivity contribution is 0.218. The highest BCUT2D eigenvalue weighted by Crippen LogP contribution is 2.28. The van der Waals surface area contributed by atoms with Crippen LogP contribution in [0.15, 0.2) is 42.5 Å². The maximum atomic E-state index is 12.4. The Morgan fingerprint density at radius 3 is 2.66 bits per heavy atom. The van der Waals surface area contributed by atoms with Crippen molar-refractivity contribution >= 4 is 40.6 Å². The second-order valence-electron chi connectivity index (χ2n) is 6.20. The first-order valence-electron chi connectivity index (χ1n) is 8.71. The highest BCUT2D eigenvalue weighted by Gasteiger charge is 2.15. The number of rotatable bonds is 6. The molecule has 29 heavy (non-hydrogen) atoms. The molecule has 0 atom stereocenters. The molecule has 0 aliphatic heterocycles. The molecule has 0 spiro atoms. The Hall–Kier alpha value is -2.90. The van der Waals surface area contributed by atoms with Crippen LogP contribution < -0.4 is 20.1 Å². The molecule has 152 valence electrons. The number of hydrogen-bond donors (Lipinski definition) is 2. The maximum absolute atomic E-state index is 12.4. The largest absolute Gasteiger partial charge is 0.497 e. The molecule has 2 amide bonds. The number of aromatic nitrogens is 2. The van der Waals surface area contributed by atoms with Gasteiger partial charge in [0.15, 0.2) is 6.73 Å². The third-order valence-corrected chi connectivity index (χ3v) is 4.71. The van der Waals surface area contributed by atoms with Gasteiger partial charge in [-0.2, -0.15) is 5.10 Å². The molecule has 1 aromatic heterocycles. The molecule has 7 nitrogen and oxygen atoms in total. The molecule has 2 aromatic carbocycles. The average molecular weight is 435 g/mol. The van der Waals surface area contributed by atoms with Crippen molar-refractivity contribution in [1.82, 2.24) is 9.78 Å². The maximum Gasteiger partial charge on any atom is 0.323 e. The SMILES string of the molecule is COc1cccc(NC(=O)Nc2c(C)nn(COc3ccc(Cl)cc3Cl)c2C)c1. The Kier molecular flexibility index (Phi) is 6.51. The van der Waals surface area contributed by atoms with Crippen LogP contribution in [0.4, 0.5) is 16.2 Å². The summed E-state index contributed by atoms with van der Waals surface area (Å²) >= 11 is 12.0. The third kappa shape index (κ3) is 5.13. The number of carbonyl (C=O) groups excluding carboxylic acids is 1. The molecule has 0 saturated heterocycles. The lowest BCUT2D eigenvalue weighted by atomic mass is 10.3. The summed E-state index contributed by atoms with van der Waals surface area (Å²) in [5, 5.41) is 11.0. The van der Waals surface area contributed by atoms with Gasteiger partial charge in [-0.15, -0.1) is 0 Å². The van der Waals surface area contributed by atoms with Gasteiger partial charge in [-0.05, 0) is 44.2 Å². The van der Waals surface area contributed by atoms with Crippen LogP contribution in [-0.2, 0) is 6.73 Å². The van der Waals surface area contributed by atoms with Crippen molar-refractivity contribution in [3.8, 4) is 11.5 Å². The molecule has 2 N–H and O–H groups in total. The van der Waals surface area contributed by atoms with E-state index in [2.05, 4.69) is 15.7 Å². The van der Waals surface area contributed by atoms with Crippen molar-refractivity contribution in [3.63, 3.8) is 0 Å². The molecule has 0 unspecified atom stereocenters. The summed E-state index contributed by atoms with van der Waals surface area (Å²) in [6.45, 7) is 3.78. The first kappa shape index (κ1) is 20.8. The molecule has 3 aromatic rings. The van der Waals surface area contributed by atoms with E-state index in [1.165, 1.54) is 0 Å². The number of benzene rings is 2. The lowest BCUT2D eigenvalue weighted by Crippen LogP contribution is -2.20. The predicted octanol–water partition coefficient (Wildman–Crippen LogP) is 5.50. The van der Waals surface area contributed by atoms with Crippen LogP contribution in [0.3, 0.4) is 0 Å². The second-order valence-corrected chi connectivity index (χ2v) is 7.05. The molecule has 9 heteroatoms. The number of carbonyl (C=O) groups is 1. The Balaban J connectivity index is 1.67. The Morgan fingerprint density at radius 2 is 1.93 bits per heavy atom. The van der Waals surface area contributed by atoms with Crippen molar-refractivity contribution in [2.45, 2.75) is 20.6 Å². The van der Waals surface area contributed by atoms with Gasteiger partial charge in [0.05, 0.1) is 29.2 Å². The molecule has 0 saturated carbocycles. The van der Waals surface area contributed by atoms with Crippen LogP contribution in [0.1, 0.15) is 11.4 Å². The molecule has 0 bridgehead atoms. The van der Waals surface area contributed by atoms with Crippen molar-refractivity contribution in [3.05, 3.63) is 63.9 Å². The predicted molar refractivity (Wildman–Crippen MR) is 114 cm³/mol. The van der Waals surface area contributed by atoms with Crippen molar-refractivity contribution in [1.29, 1.82) is 0 Å². The quantitative estimate of drug-likeness (QED) is 0.536. The molecule has 3 rings (SSSR count). The molecule has 0 aliphatic carbocycles. The first-order chi connectivity index (χ1) is 13.9. The lowest BCUT2D eigenvalue weighted by Gasteiger charge is -2.11. The average Bonchev–Trinajstić information content (AvgIpc) is 2.95. The van der Waals surface area contributed by atoms with Gasteiger partial charge in [0.1, 0.15) is 11.5 Å². The van der Waals surface area contributed by atoms with E-state index in [4.69, 9.17) is 32.7 Å². The third-order valence-electron chi connectivity index (χ3n) is 4.18. The summed E-state index contributed by atoms with van der Waals surface area (Å²) < 4.78 is 12.5. The zero-order chi connectivity index (χ0) is 21.0. The summed E-state index contributed by atoms with van der Waals surface area (Å²) in [6, 6.07) is 11.7. The number of urea groups is 1. The normalized spacial score (nSPS) is 10.5. The summed E-state index contributed by atoms with van der Waals surface area (Å²) in [5.41, 5.74) is 2.63. The highest BCUT2D eigenvalue weighted by atomic mass is 35.5. The van der Waals surface area contributed by atoms with Crippen LogP contribution in [-0.4, -0.2) is 22.9 Å². The summed E-state index contributed by atoms with van der Waals surface area (Å²) in [6.07, 6.45) is 0. The van der Waals surface area contributed by atoms with Crippen LogP contribution in [0.5, 0.6) is 11.5 Å². The van der Waals surface area contributed by atoms with E-state index in [-0.39, 0.29) is 12.8 Å². The van der Waals surface area contributed by atoms with Crippen LogP contribution in [0, 0.1) is 13.8 Å². The summed E-state index contributed by atoms with van der Waals surface area (Å²) in [7, 11) is 1.57. The zero-order valence-electron chi connectivity index (χ0n) is 16.1. The molecule has 0 radical (unpaired) electrons. The van der Waals surface area contributed by atoms with Gasteiger partial charge in [0.2, 0.25) is 0 Å². The van der Waals surface area contributed by atoms with E-state index in [0.717, 1.165) is 5.69 Å². The van der Waals surface area contributed by atoms with Gasteiger partial charge in [0, 0.05) is 16.8 Å². The van der Waals surface area contributed by atoms with Crippen LogP contribution in [0.25, 0.3) is 0 Å². The first-order valence-corrected chi connectivity index (χ1v) is 9.47. The summed E-state index contributed by atoms with van der Waals surface area (Å²) in [4.78, 5) is 12.4. The molecular weight excluding hydrogens is 415 g/mol. The zero-order valence-corrected chi connectivity index (χ0v) is 17.6. The standard InChI is InChI=1S/C20H20Cl2N4O3/c1-12-19(24-20(27)23-15-5-4-6-16(10-15)28-3)13(2)26(25-12)11-29-18-8-7-14(21)9-17(18)22/h4-10H,11H2,1-3H3,(H2,23,24,27). The number of nitrogens with zero attached hydrogens (tertiary/aromatic N) is 2. The van der Waals surface area contributed by atoms with E-state index in [1.54, 1.807) is 61.2 Å². The van der Waals surface area contributed by atoms with Crippen molar-refractivity contribution in [2.24, 2.45) is 0 Å². The van der Waals surface area contributed by atoms with Gasteiger partial charge in [-0.1, -0.05) is 29.3 Å². The minimum Gasteiger partial charge on any atom is -0.497 e. The highest BCUT2D eigenvalue weighted by molar-refractivity contribution is 6.35. The number of nitrogens with one attached hydrogen (secondary N) is 2. The number of halogens is 2. The second kappa shape index (κ2) is 9.07. The fraction of sp³-hybridized carbons (Fsp3) is 0.200. The van der Waals surface area contributed by atoms with Crippen LogP contribution in [0.2, 0.25) is 10.0 Å². The van der Waals surface area contributed by atoms with Crippen LogP contribution >= 0.6 is 23.2 Å². The summed E-state index contributed by atoms with van der Waals surface area (Å²) in [5.74, 6) is 1.15. The molecular formula is C20H20Cl2N4O3. The number of hydrogen-bond acceptors (Lipinski definition) is 4. The van der Waals surface area contributed by atoms with Gasteiger partial charge in [-0.25, -0.2) is 9.48 Å². The number of aryl methyl sites for hydroxylation is 1. The number of anilines is 2. The minimum atomic E-state index is -0.384. The number of methoxy groups -OCH3 is 1.